The van der Waals surface area contributed by atoms with Crippen molar-refractivity contribution in [3.63, 3.8) is 0 Å². The normalized spacial score (nSPS) is 12.3. The summed E-state index contributed by atoms with van der Waals surface area (Å²) in [5.41, 5.74) is 0.611. The molecule has 0 fully saturated rings. The Morgan fingerprint density at radius 2 is 1.45 bits per heavy atom. The average molecular weight is 538 g/mol. The molecule has 0 heterocycles. The number of carbonyl (C=O) groups is 2. The van der Waals surface area contributed by atoms with Crippen molar-refractivity contribution in [2.75, 3.05) is 18.0 Å². The molecule has 8 nitrogen and oxygen atoms in total. The van der Waals surface area contributed by atoms with E-state index in [-0.39, 0.29) is 17.3 Å². The molecule has 0 spiro atoms. The summed E-state index contributed by atoms with van der Waals surface area (Å²) in [6, 6.07) is 22.7. The lowest BCUT2D eigenvalue weighted by Gasteiger charge is -2.33. The number of para-hydroxylation sites is 1. The van der Waals surface area contributed by atoms with Crippen LogP contribution in [0.2, 0.25) is 0 Å². The van der Waals surface area contributed by atoms with Crippen LogP contribution in [0, 0.1) is 0 Å². The van der Waals surface area contributed by atoms with Crippen molar-refractivity contribution in [2.45, 2.75) is 50.7 Å². The van der Waals surface area contributed by atoms with Crippen molar-refractivity contribution >= 4 is 27.5 Å². The smallest absolute Gasteiger partial charge is 0.264 e. The number of nitrogens with zero attached hydrogens (tertiary/aromatic N) is 2. The molecule has 2 amide bonds. The highest BCUT2D eigenvalue weighted by Gasteiger charge is 2.33. The molecule has 0 radical (unpaired) electrons. The maximum absolute atomic E-state index is 13.9. The first kappa shape index (κ1) is 28.7. The van der Waals surface area contributed by atoms with Crippen LogP contribution < -0.4 is 14.4 Å². The van der Waals surface area contributed by atoms with Gasteiger partial charge in [0, 0.05) is 12.1 Å². The molecule has 0 unspecified atom stereocenters. The zero-order valence-electron chi connectivity index (χ0n) is 22.4. The van der Waals surface area contributed by atoms with Crippen molar-refractivity contribution in [3.8, 4) is 5.75 Å². The van der Waals surface area contributed by atoms with Crippen molar-refractivity contribution < 1.29 is 22.7 Å². The first-order chi connectivity index (χ1) is 17.9. The quantitative estimate of drug-likeness (QED) is 0.418. The van der Waals surface area contributed by atoms with Gasteiger partial charge < -0.3 is 15.0 Å². The van der Waals surface area contributed by atoms with E-state index in [9.17, 15) is 18.0 Å². The number of carbonyl (C=O) groups excluding carboxylic acids is 2. The fraction of sp³-hybridized carbons (Fsp3) is 0.310. The van der Waals surface area contributed by atoms with E-state index in [2.05, 4.69) is 5.32 Å². The molecule has 1 N–H and O–H groups in total. The maximum atomic E-state index is 13.9. The fourth-order valence-corrected chi connectivity index (χ4v) is 5.26. The van der Waals surface area contributed by atoms with Gasteiger partial charge in [0.15, 0.2) is 0 Å². The lowest BCUT2D eigenvalue weighted by Crippen LogP contribution is -2.54. The number of ether oxygens (including phenoxy) is 1. The number of methoxy groups -OCH3 is 1. The minimum Gasteiger partial charge on any atom is -0.497 e. The molecule has 0 bridgehead atoms. The molecule has 0 saturated carbocycles. The van der Waals surface area contributed by atoms with Crippen molar-refractivity contribution in [3.05, 3.63) is 90.5 Å². The van der Waals surface area contributed by atoms with E-state index < -0.39 is 34.1 Å². The number of hydrogen-bond acceptors (Lipinski definition) is 5. The SMILES string of the molecule is COc1ccc(CN(C(=O)CN(c2ccccc2)S(=O)(=O)c2ccccc2)[C@@H](C)C(=O)NC(C)(C)C)cc1. The van der Waals surface area contributed by atoms with E-state index in [1.807, 2.05) is 32.9 Å². The molecule has 3 aromatic carbocycles. The summed E-state index contributed by atoms with van der Waals surface area (Å²) in [6.45, 7) is 6.84. The second kappa shape index (κ2) is 12.1. The van der Waals surface area contributed by atoms with Crippen LogP contribution in [0.15, 0.2) is 89.8 Å². The van der Waals surface area contributed by atoms with Gasteiger partial charge in [-0.05, 0) is 69.7 Å². The first-order valence-corrected chi connectivity index (χ1v) is 13.7. The summed E-state index contributed by atoms with van der Waals surface area (Å²) < 4.78 is 33.7. The minimum atomic E-state index is -4.07. The third-order valence-corrected chi connectivity index (χ3v) is 7.62. The van der Waals surface area contributed by atoms with Crippen molar-refractivity contribution in [1.29, 1.82) is 0 Å². The summed E-state index contributed by atoms with van der Waals surface area (Å²) in [4.78, 5) is 28.4. The second-order valence-electron chi connectivity index (χ2n) is 9.95. The van der Waals surface area contributed by atoms with Gasteiger partial charge in [0.05, 0.1) is 17.7 Å². The molecule has 1 atom stereocenters. The van der Waals surface area contributed by atoms with E-state index >= 15 is 0 Å². The Balaban J connectivity index is 1.99. The van der Waals surface area contributed by atoms with Gasteiger partial charge in [-0.25, -0.2) is 8.42 Å². The average Bonchev–Trinajstić information content (AvgIpc) is 2.90. The number of benzene rings is 3. The van der Waals surface area contributed by atoms with Crippen LogP contribution in [0.3, 0.4) is 0 Å². The van der Waals surface area contributed by atoms with E-state index in [0.29, 0.717) is 11.4 Å². The van der Waals surface area contributed by atoms with Gasteiger partial charge in [0.2, 0.25) is 11.8 Å². The number of rotatable bonds is 10. The Morgan fingerprint density at radius 1 is 0.895 bits per heavy atom. The molecule has 0 saturated heterocycles. The first-order valence-electron chi connectivity index (χ1n) is 12.3. The van der Waals surface area contributed by atoms with Crippen molar-refractivity contribution in [1.82, 2.24) is 10.2 Å². The summed E-state index contributed by atoms with van der Waals surface area (Å²) in [6.07, 6.45) is 0. The van der Waals surface area contributed by atoms with Crippen molar-refractivity contribution in [2.24, 2.45) is 0 Å². The number of hydrogen-bond donors (Lipinski definition) is 1. The van der Waals surface area contributed by atoms with Crippen LogP contribution >= 0.6 is 0 Å². The number of nitrogens with one attached hydrogen (secondary N) is 1. The monoisotopic (exact) mass is 537 g/mol. The second-order valence-corrected chi connectivity index (χ2v) is 11.8. The zero-order valence-corrected chi connectivity index (χ0v) is 23.2. The van der Waals surface area contributed by atoms with E-state index in [0.717, 1.165) is 9.87 Å². The van der Waals surface area contributed by atoms with Crippen LogP contribution in [0.5, 0.6) is 5.75 Å². The van der Waals surface area contributed by atoms with Gasteiger partial charge in [0.25, 0.3) is 10.0 Å². The highest BCUT2D eigenvalue weighted by atomic mass is 32.2. The van der Waals surface area contributed by atoms with Gasteiger partial charge in [-0.1, -0.05) is 48.5 Å². The van der Waals surface area contributed by atoms with E-state index in [4.69, 9.17) is 4.74 Å². The van der Waals surface area contributed by atoms with Crippen LogP contribution in [-0.4, -0.2) is 50.4 Å². The van der Waals surface area contributed by atoms with Crippen LogP contribution in [0.1, 0.15) is 33.3 Å². The molecule has 3 rings (SSSR count). The van der Waals surface area contributed by atoms with Crippen LogP contribution in [-0.2, 0) is 26.2 Å². The van der Waals surface area contributed by atoms with Crippen LogP contribution in [0.4, 0.5) is 5.69 Å². The van der Waals surface area contributed by atoms with Gasteiger partial charge in [-0.15, -0.1) is 0 Å². The molecular formula is C29H35N3O5S. The Bertz CT molecular complexity index is 1320. The highest BCUT2D eigenvalue weighted by molar-refractivity contribution is 7.92. The number of amides is 2. The summed E-state index contributed by atoms with van der Waals surface area (Å²) in [5, 5.41) is 2.91. The molecular weight excluding hydrogens is 502 g/mol. The Kier molecular flexibility index (Phi) is 9.17. The largest absolute Gasteiger partial charge is 0.497 e. The van der Waals surface area contributed by atoms with Gasteiger partial charge in [0.1, 0.15) is 18.3 Å². The molecule has 0 aromatic heterocycles. The predicted octanol–water partition coefficient (Wildman–Crippen LogP) is 4.22. The number of anilines is 1. The zero-order chi connectivity index (χ0) is 27.9. The standard InChI is InChI=1S/C29H35N3O5S/c1-22(28(34)30-29(2,3)4)31(20-23-16-18-25(37-5)19-17-23)27(33)21-32(24-12-8-6-9-13-24)38(35,36)26-14-10-7-11-15-26/h6-19,22H,20-21H2,1-5H3,(H,30,34)/t22-/m0/s1. The molecule has 9 heteroatoms. The van der Waals surface area contributed by atoms with Gasteiger partial charge in [-0.3, -0.25) is 13.9 Å². The van der Waals surface area contributed by atoms with E-state index in [1.165, 1.54) is 17.0 Å². The maximum Gasteiger partial charge on any atom is 0.264 e. The van der Waals surface area contributed by atoms with Gasteiger partial charge >= 0.3 is 0 Å². The Labute approximate surface area is 225 Å². The fourth-order valence-electron chi connectivity index (χ4n) is 3.83. The summed E-state index contributed by atoms with van der Waals surface area (Å²) in [7, 11) is -2.51. The Hall–Kier alpha value is -3.85. The molecule has 38 heavy (non-hydrogen) atoms. The summed E-state index contributed by atoms with van der Waals surface area (Å²) >= 11 is 0. The molecule has 3 aromatic rings. The van der Waals surface area contributed by atoms with Crippen LogP contribution in [0.25, 0.3) is 0 Å². The molecule has 202 valence electrons. The third kappa shape index (κ3) is 7.35. The third-order valence-electron chi connectivity index (χ3n) is 5.83. The summed E-state index contributed by atoms with van der Waals surface area (Å²) in [5.74, 6) is -0.188. The lowest BCUT2D eigenvalue weighted by molar-refractivity contribution is -0.140. The molecule has 0 aliphatic carbocycles. The van der Waals surface area contributed by atoms with Gasteiger partial charge in [-0.2, -0.15) is 0 Å². The molecule has 0 aliphatic heterocycles. The topological polar surface area (TPSA) is 96.0 Å². The predicted molar refractivity (Wildman–Crippen MR) is 148 cm³/mol. The lowest BCUT2D eigenvalue weighted by atomic mass is 10.1. The molecule has 0 aliphatic rings. The Morgan fingerprint density at radius 3 is 1.97 bits per heavy atom. The highest BCUT2D eigenvalue weighted by Crippen LogP contribution is 2.24. The van der Waals surface area contributed by atoms with E-state index in [1.54, 1.807) is 74.7 Å². The number of sulfonamides is 1. The minimum absolute atomic E-state index is 0.0666.